The van der Waals surface area contributed by atoms with E-state index < -0.39 is 11.7 Å². The van der Waals surface area contributed by atoms with E-state index in [9.17, 15) is 18.4 Å². The van der Waals surface area contributed by atoms with E-state index in [1.807, 2.05) is 30.3 Å². The van der Waals surface area contributed by atoms with Gasteiger partial charge in [0.25, 0.3) is 0 Å². The van der Waals surface area contributed by atoms with Crippen LogP contribution in [0.3, 0.4) is 0 Å². The molecule has 0 bridgehead atoms. The largest absolute Gasteiger partial charge is 0.619 e. The van der Waals surface area contributed by atoms with Crippen LogP contribution in [0.5, 0.6) is 0 Å². The molecular weight excluding hydrogens is 379 g/mol. The average Bonchev–Trinajstić information content (AvgIpc) is 3.05. The number of hydrogen-bond acceptors (Lipinski definition) is 2. The number of imidazole rings is 1. The van der Waals surface area contributed by atoms with E-state index in [1.165, 1.54) is 18.6 Å². The molecule has 0 amide bonds. The van der Waals surface area contributed by atoms with Gasteiger partial charge in [0, 0.05) is 22.9 Å². The van der Waals surface area contributed by atoms with Gasteiger partial charge in [-0.25, -0.2) is 4.98 Å². The molecule has 0 atom stereocenters. The first-order chi connectivity index (χ1) is 12.8. The third kappa shape index (κ3) is 3.10. The van der Waals surface area contributed by atoms with Gasteiger partial charge in [-0.1, -0.05) is 29.8 Å². The van der Waals surface area contributed by atoms with Gasteiger partial charge in [-0.2, -0.15) is 17.9 Å². The summed E-state index contributed by atoms with van der Waals surface area (Å²) in [6.07, 6.45) is -0.782. The molecule has 8 heteroatoms. The maximum absolute atomic E-state index is 13.4. The fourth-order valence-corrected chi connectivity index (χ4v) is 3.23. The summed E-state index contributed by atoms with van der Waals surface area (Å²) in [6, 6.07) is 12.5. The summed E-state index contributed by atoms with van der Waals surface area (Å²) in [5.41, 5.74) is 1.12. The minimum absolute atomic E-state index is 0.0499. The number of alkyl halides is 3. The van der Waals surface area contributed by atoms with Crippen molar-refractivity contribution < 1.29 is 17.9 Å². The van der Waals surface area contributed by atoms with Crippen LogP contribution in [0.25, 0.3) is 27.8 Å². The quantitative estimate of drug-likeness (QED) is 0.358. The van der Waals surface area contributed by atoms with Gasteiger partial charge in [0.15, 0.2) is 12.4 Å². The lowest BCUT2D eigenvalue weighted by Gasteiger charge is -2.13. The number of para-hydroxylation sites is 1. The van der Waals surface area contributed by atoms with E-state index in [2.05, 4.69) is 4.98 Å². The van der Waals surface area contributed by atoms with Crippen molar-refractivity contribution in [2.24, 2.45) is 0 Å². The van der Waals surface area contributed by atoms with Crippen LogP contribution in [0.1, 0.15) is 5.56 Å². The highest BCUT2D eigenvalue weighted by Crippen LogP contribution is 2.39. The van der Waals surface area contributed by atoms with Crippen molar-refractivity contribution in [3.8, 4) is 16.8 Å². The van der Waals surface area contributed by atoms with Crippen LogP contribution in [-0.4, -0.2) is 9.55 Å². The van der Waals surface area contributed by atoms with Crippen LogP contribution >= 0.6 is 11.6 Å². The Bertz CT molecular complexity index is 1140. The summed E-state index contributed by atoms with van der Waals surface area (Å²) in [4.78, 5) is 4.16. The maximum atomic E-state index is 13.4. The molecule has 0 fully saturated rings. The van der Waals surface area contributed by atoms with Gasteiger partial charge < -0.3 is 5.21 Å². The number of hydrogen-bond donors (Lipinski definition) is 0. The van der Waals surface area contributed by atoms with Gasteiger partial charge in [0.05, 0.1) is 16.6 Å². The Morgan fingerprint density at radius 3 is 2.44 bits per heavy atom. The number of pyridine rings is 1. The number of benzene rings is 2. The zero-order valence-electron chi connectivity index (χ0n) is 13.6. The van der Waals surface area contributed by atoms with E-state index in [0.29, 0.717) is 15.8 Å². The second-order valence-corrected chi connectivity index (χ2v) is 6.31. The minimum Gasteiger partial charge on any atom is -0.619 e. The Hall–Kier alpha value is -3.06. The normalized spacial score (nSPS) is 11.9. The smallest absolute Gasteiger partial charge is 0.416 e. The third-order valence-corrected chi connectivity index (χ3v) is 4.48. The molecule has 2 aromatic carbocycles. The highest BCUT2D eigenvalue weighted by Gasteiger charge is 2.32. The first-order valence-corrected chi connectivity index (χ1v) is 8.25. The Balaban J connectivity index is 2.08. The second-order valence-electron chi connectivity index (χ2n) is 5.91. The highest BCUT2D eigenvalue weighted by atomic mass is 35.5. The van der Waals surface area contributed by atoms with Gasteiger partial charge in [0.1, 0.15) is 11.3 Å². The standard InChI is InChI=1S/C19H11ClF3N3O/c20-16-10-25(27)7-6-14(16)15-8-12(19(21,22)23)9-17-18(15)26(11-24-17)13-4-2-1-3-5-13/h1-11H. The predicted molar refractivity (Wildman–Crippen MR) is 95.5 cm³/mol. The number of nitrogens with zero attached hydrogens (tertiary/aromatic N) is 3. The van der Waals surface area contributed by atoms with E-state index in [-0.39, 0.29) is 16.1 Å². The van der Waals surface area contributed by atoms with Crippen molar-refractivity contribution in [1.82, 2.24) is 9.55 Å². The molecule has 0 saturated heterocycles. The van der Waals surface area contributed by atoms with Crippen molar-refractivity contribution in [1.29, 1.82) is 0 Å². The molecule has 0 aliphatic heterocycles. The highest BCUT2D eigenvalue weighted by molar-refractivity contribution is 6.33. The lowest BCUT2D eigenvalue weighted by molar-refractivity contribution is -0.605. The SMILES string of the molecule is [O-][n+]1ccc(-c2cc(C(F)(F)F)cc3ncn(-c4ccccc4)c23)c(Cl)c1. The van der Waals surface area contributed by atoms with Crippen molar-refractivity contribution in [3.63, 3.8) is 0 Å². The monoisotopic (exact) mass is 389 g/mol. The lowest BCUT2D eigenvalue weighted by Crippen LogP contribution is -2.24. The zero-order valence-corrected chi connectivity index (χ0v) is 14.4. The average molecular weight is 390 g/mol. The minimum atomic E-state index is -4.54. The molecule has 4 aromatic rings. The van der Waals surface area contributed by atoms with Crippen molar-refractivity contribution >= 4 is 22.6 Å². The summed E-state index contributed by atoms with van der Waals surface area (Å²) in [5, 5.41) is 11.5. The summed E-state index contributed by atoms with van der Waals surface area (Å²) in [7, 11) is 0. The molecule has 0 aliphatic carbocycles. The van der Waals surface area contributed by atoms with Crippen LogP contribution in [-0.2, 0) is 6.18 Å². The number of rotatable bonds is 2. The Morgan fingerprint density at radius 1 is 1.04 bits per heavy atom. The maximum Gasteiger partial charge on any atom is 0.416 e. The molecule has 0 spiro atoms. The van der Waals surface area contributed by atoms with Crippen molar-refractivity contribution in [2.75, 3.05) is 0 Å². The topological polar surface area (TPSA) is 44.8 Å². The third-order valence-electron chi connectivity index (χ3n) is 4.18. The zero-order chi connectivity index (χ0) is 19.2. The van der Waals surface area contributed by atoms with E-state index >= 15 is 0 Å². The summed E-state index contributed by atoms with van der Waals surface area (Å²) in [6.45, 7) is 0. The molecule has 0 unspecified atom stereocenters. The van der Waals surface area contributed by atoms with Crippen LogP contribution in [0.4, 0.5) is 13.2 Å². The van der Waals surface area contributed by atoms with Crippen molar-refractivity contribution in [3.05, 3.63) is 83.0 Å². The predicted octanol–water partition coefficient (Wildman–Crippen LogP) is 5.00. The molecule has 0 aliphatic rings. The second kappa shape index (κ2) is 6.28. The molecule has 0 radical (unpaired) electrons. The summed E-state index contributed by atoms with van der Waals surface area (Å²) in [5.74, 6) is 0. The van der Waals surface area contributed by atoms with Gasteiger partial charge in [-0.15, -0.1) is 0 Å². The Morgan fingerprint density at radius 2 is 1.78 bits per heavy atom. The summed E-state index contributed by atoms with van der Waals surface area (Å²) < 4.78 is 42.3. The first kappa shape index (κ1) is 17.4. The van der Waals surface area contributed by atoms with E-state index in [1.54, 1.807) is 4.57 Å². The summed E-state index contributed by atoms with van der Waals surface area (Å²) >= 11 is 6.16. The lowest BCUT2D eigenvalue weighted by atomic mass is 10.0. The molecule has 0 saturated carbocycles. The number of aromatic nitrogens is 3. The Kier molecular flexibility index (Phi) is 4.04. The van der Waals surface area contributed by atoms with Crippen LogP contribution in [0, 0.1) is 5.21 Å². The number of fused-ring (bicyclic) bond motifs is 1. The van der Waals surface area contributed by atoms with Gasteiger partial charge >= 0.3 is 6.18 Å². The van der Waals surface area contributed by atoms with Gasteiger partial charge in [0.2, 0.25) is 0 Å². The Labute approximate surface area is 156 Å². The van der Waals surface area contributed by atoms with Crippen molar-refractivity contribution in [2.45, 2.75) is 6.18 Å². The molecule has 2 heterocycles. The molecule has 136 valence electrons. The van der Waals surface area contributed by atoms with Gasteiger partial charge in [-0.05, 0) is 24.3 Å². The fourth-order valence-electron chi connectivity index (χ4n) is 2.97. The molecule has 4 rings (SSSR count). The van der Waals surface area contributed by atoms with E-state index in [4.69, 9.17) is 11.6 Å². The molecular formula is C19H11ClF3N3O. The van der Waals surface area contributed by atoms with Crippen LogP contribution in [0.15, 0.2) is 67.3 Å². The molecule has 4 nitrogen and oxygen atoms in total. The number of halogens is 4. The molecule has 0 N–H and O–H groups in total. The first-order valence-electron chi connectivity index (χ1n) is 7.87. The van der Waals surface area contributed by atoms with E-state index in [0.717, 1.165) is 24.0 Å². The van der Waals surface area contributed by atoms with Crippen LogP contribution in [0.2, 0.25) is 5.02 Å². The van der Waals surface area contributed by atoms with Gasteiger partial charge in [-0.3, -0.25) is 4.57 Å². The van der Waals surface area contributed by atoms with Crippen LogP contribution < -0.4 is 4.73 Å². The fraction of sp³-hybridized carbons (Fsp3) is 0.0526. The molecule has 27 heavy (non-hydrogen) atoms. The molecule has 2 aromatic heterocycles.